The van der Waals surface area contributed by atoms with Crippen LogP contribution in [-0.4, -0.2) is 43.9 Å². The number of ether oxygens (including phenoxy) is 2. The Balaban J connectivity index is 1.75. The Kier molecular flexibility index (Phi) is 3.73. The Morgan fingerprint density at radius 1 is 1.26 bits per heavy atom. The van der Waals surface area contributed by atoms with Crippen LogP contribution in [0, 0.1) is 0 Å². The first-order valence-corrected chi connectivity index (χ1v) is 7.03. The Bertz CT molecular complexity index is 409. The molecule has 0 radical (unpaired) electrons. The van der Waals surface area contributed by atoms with E-state index in [1.165, 1.54) is 18.4 Å². The summed E-state index contributed by atoms with van der Waals surface area (Å²) in [6.45, 7) is 2.65. The van der Waals surface area contributed by atoms with Crippen molar-refractivity contribution in [1.29, 1.82) is 0 Å². The predicted molar refractivity (Wildman–Crippen MR) is 74.3 cm³/mol. The van der Waals surface area contributed by atoms with E-state index >= 15 is 0 Å². The molecule has 3 rings (SSSR count). The molecule has 0 aliphatic carbocycles. The number of rotatable bonds is 4. The van der Waals surface area contributed by atoms with Gasteiger partial charge in [0.25, 0.3) is 0 Å². The second-order valence-electron chi connectivity index (χ2n) is 5.44. The molecule has 0 spiro atoms. The van der Waals surface area contributed by atoms with Crippen LogP contribution in [0.5, 0.6) is 5.75 Å². The standard InChI is InChI=1S/C15H22N2O2/c1-18-12-4-2-11(3-5-12)15(8-16)17-9-13-6-7-14(10-17)19-13/h2-5,13-15H,6-10,16H2,1H3. The van der Waals surface area contributed by atoms with E-state index in [0.29, 0.717) is 18.8 Å². The van der Waals surface area contributed by atoms with Gasteiger partial charge in [-0.25, -0.2) is 0 Å². The Morgan fingerprint density at radius 3 is 2.42 bits per heavy atom. The van der Waals surface area contributed by atoms with E-state index < -0.39 is 0 Å². The van der Waals surface area contributed by atoms with Crippen molar-refractivity contribution < 1.29 is 9.47 Å². The summed E-state index contributed by atoms with van der Waals surface area (Å²) in [6.07, 6.45) is 3.21. The quantitative estimate of drug-likeness (QED) is 0.894. The Labute approximate surface area is 114 Å². The van der Waals surface area contributed by atoms with Gasteiger partial charge in [0.2, 0.25) is 0 Å². The number of fused-ring (bicyclic) bond motifs is 2. The normalized spacial score (nSPS) is 28.3. The van der Waals surface area contributed by atoms with Crippen LogP contribution in [0.2, 0.25) is 0 Å². The maximum atomic E-state index is 6.00. The van der Waals surface area contributed by atoms with Crippen LogP contribution in [0.3, 0.4) is 0 Å². The van der Waals surface area contributed by atoms with E-state index in [-0.39, 0.29) is 6.04 Å². The third-order valence-corrected chi connectivity index (χ3v) is 4.24. The summed E-state index contributed by atoms with van der Waals surface area (Å²) in [5, 5.41) is 0. The van der Waals surface area contributed by atoms with Gasteiger partial charge in [0, 0.05) is 25.7 Å². The number of morpholine rings is 1. The third-order valence-electron chi connectivity index (χ3n) is 4.24. The van der Waals surface area contributed by atoms with E-state index in [4.69, 9.17) is 15.2 Å². The summed E-state index contributed by atoms with van der Waals surface area (Å²) in [4.78, 5) is 2.48. The van der Waals surface area contributed by atoms with Crippen LogP contribution in [0.1, 0.15) is 24.4 Å². The molecule has 4 nitrogen and oxygen atoms in total. The summed E-state index contributed by atoms with van der Waals surface area (Å²) in [6, 6.07) is 8.54. The highest BCUT2D eigenvalue weighted by Crippen LogP contribution is 2.31. The first-order valence-electron chi connectivity index (χ1n) is 7.03. The SMILES string of the molecule is COc1ccc(C(CN)N2CC3CCC(C2)O3)cc1. The van der Waals surface area contributed by atoms with E-state index in [9.17, 15) is 0 Å². The molecule has 0 amide bonds. The molecular formula is C15H22N2O2. The van der Waals surface area contributed by atoms with Crippen molar-refractivity contribution in [2.45, 2.75) is 31.1 Å². The summed E-state index contributed by atoms with van der Waals surface area (Å²) >= 11 is 0. The molecule has 2 heterocycles. The smallest absolute Gasteiger partial charge is 0.118 e. The maximum absolute atomic E-state index is 6.00. The van der Waals surface area contributed by atoms with E-state index in [0.717, 1.165) is 18.8 Å². The highest BCUT2D eigenvalue weighted by atomic mass is 16.5. The molecule has 2 aliphatic heterocycles. The lowest BCUT2D eigenvalue weighted by atomic mass is 10.0. The lowest BCUT2D eigenvalue weighted by Gasteiger charge is -2.37. The molecule has 3 unspecified atom stereocenters. The molecule has 1 aromatic rings. The molecule has 2 fully saturated rings. The molecule has 3 atom stereocenters. The topological polar surface area (TPSA) is 47.7 Å². The largest absolute Gasteiger partial charge is 0.497 e. The molecule has 2 saturated heterocycles. The molecular weight excluding hydrogens is 240 g/mol. The number of likely N-dealkylation sites (tertiary alicyclic amines) is 1. The number of methoxy groups -OCH3 is 1. The third kappa shape index (κ3) is 2.61. The van der Waals surface area contributed by atoms with Crippen molar-refractivity contribution in [3.8, 4) is 5.75 Å². The van der Waals surface area contributed by atoms with Gasteiger partial charge in [-0.15, -0.1) is 0 Å². The molecule has 2 N–H and O–H groups in total. The molecule has 1 aromatic carbocycles. The zero-order valence-corrected chi connectivity index (χ0v) is 11.4. The van der Waals surface area contributed by atoms with E-state index in [2.05, 4.69) is 17.0 Å². The highest BCUT2D eigenvalue weighted by molar-refractivity contribution is 5.29. The Hall–Kier alpha value is -1.10. The van der Waals surface area contributed by atoms with Crippen molar-refractivity contribution in [1.82, 2.24) is 4.90 Å². The van der Waals surface area contributed by atoms with E-state index in [1.807, 2.05) is 12.1 Å². The zero-order valence-electron chi connectivity index (χ0n) is 11.4. The molecule has 104 valence electrons. The highest BCUT2D eigenvalue weighted by Gasteiger charge is 2.36. The fourth-order valence-corrected chi connectivity index (χ4v) is 3.22. The molecule has 0 saturated carbocycles. The van der Waals surface area contributed by atoms with Crippen molar-refractivity contribution in [3.63, 3.8) is 0 Å². The lowest BCUT2D eigenvalue weighted by Crippen LogP contribution is -2.46. The first kappa shape index (κ1) is 12.9. The molecule has 4 heteroatoms. The average molecular weight is 262 g/mol. The van der Waals surface area contributed by atoms with Gasteiger partial charge in [-0.05, 0) is 30.5 Å². The number of nitrogens with zero attached hydrogens (tertiary/aromatic N) is 1. The molecule has 2 aliphatic rings. The van der Waals surface area contributed by atoms with Crippen LogP contribution in [0.15, 0.2) is 24.3 Å². The monoisotopic (exact) mass is 262 g/mol. The molecule has 0 aromatic heterocycles. The van der Waals surface area contributed by atoms with Crippen molar-refractivity contribution in [2.24, 2.45) is 5.73 Å². The van der Waals surface area contributed by atoms with Gasteiger partial charge < -0.3 is 15.2 Å². The van der Waals surface area contributed by atoms with Gasteiger partial charge in [-0.2, -0.15) is 0 Å². The van der Waals surface area contributed by atoms with Crippen LogP contribution in [-0.2, 0) is 4.74 Å². The Morgan fingerprint density at radius 2 is 1.89 bits per heavy atom. The fraction of sp³-hybridized carbons (Fsp3) is 0.600. The van der Waals surface area contributed by atoms with Crippen molar-refractivity contribution >= 4 is 0 Å². The van der Waals surface area contributed by atoms with Crippen LogP contribution < -0.4 is 10.5 Å². The second kappa shape index (κ2) is 5.49. The first-order chi connectivity index (χ1) is 9.30. The summed E-state index contributed by atoms with van der Waals surface area (Å²) in [5.41, 5.74) is 7.27. The minimum absolute atomic E-state index is 0.290. The van der Waals surface area contributed by atoms with Gasteiger partial charge in [0.05, 0.1) is 19.3 Å². The van der Waals surface area contributed by atoms with Gasteiger partial charge >= 0.3 is 0 Å². The minimum atomic E-state index is 0.290. The number of hydrogen-bond acceptors (Lipinski definition) is 4. The van der Waals surface area contributed by atoms with Crippen molar-refractivity contribution in [2.75, 3.05) is 26.7 Å². The van der Waals surface area contributed by atoms with Gasteiger partial charge in [-0.3, -0.25) is 4.90 Å². The van der Waals surface area contributed by atoms with Crippen LogP contribution in [0.4, 0.5) is 0 Å². The maximum Gasteiger partial charge on any atom is 0.118 e. The number of nitrogens with two attached hydrogens (primary N) is 1. The summed E-state index contributed by atoms with van der Waals surface area (Å²) in [5.74, 6) is 0.890. The number of benzene rings is 1. The summed E-state index contributed by atoms with van der Waals surface area (Å²) < 4.78 is 11.1. The van der Waals surface area contributed by atoms with Crippen molar-refractivity contribution in [3.05, 3.63) is 29.8 Å². The van der Waals surface area contributed by atoms with Gasteiger partial charge in [0.1, 0.15) is 5.75 Å². The van der Waals surface area contributed by atoms with Crippen LogP contribution in [0.25, 0.3) is 0 Å². The van der Waals surface area contributed by atoms with Gasteiger partial charge in [-0.1, -0.05) is 12.1 Å². The van der Waals surface area contributed by atoms with Crippen LogP contribution >= 0.6 is 0 Å². The second-order valence-corrected chi connectivity index (χ2v) is 5.44. The fourth-order valence-electron chi connectivity index (χ4n) is 3.22. The van der Waals surface area contributed by atoms with E-state index in [1.54, 1.807) is 7.11 Å². The minimum Gasteiger partial charge on any atom is -0.497 e. The molecule has 2 bridgehead atoms. The van der Waals surface area contributed by atoms with Gasteiger partial charge in [0.15, 0.2) is 0 Å². The lowest BCUT2D eigenvalue weighted by molar-refractivity contribution is -0.0521. The molecule has 19 heavy (non-hydrogen) atoms. The zero-order chi connectivity index (χ0) is 13.2. The summed E-state index contributed by atoms with van der Waals surface area (Å²) in [7, 11) is 1.69. The predicted octanol–water partition coefficient (Wildman–Crippen LogP) is 1.56. The average Bonchev–Trinajstić information content (AvgIpc) is 2.79. The number of hydrogen-bond donors (Lipinski definition) is 1.